The molecule has 0 saturated carbocycles. The number of ether oxygens (including phenoxy) is 2. The molecule has 1 aromatic heterocycles. The first-order chi connectivity index (χ1) is 10.2. The van der Waals surface area contributed by atoms with Crippen LogP contribution in [0.5, 0.6) is 5.75 Å². The van der Waals surface area contributed by atoms with Crippen molar-refractivity contribution < 1.29 is 14.0 Å². The maximum absolute atomic E-state index is 6.22. The summed E-state index contributed by atoms with van der Waals surface area (Å²) >= 11 is 6.22. The van der Waals surface area contributed by atoms with Crippen LogP contribution in [0.4, 0.5) is 0 Å². The number of rotatable bonds is 8. The highest BCUT2D eigenvalue weighted by Gasteiger charge is 2.10. The second kappa shape index (κ2) is 8.02. The second-order valence-electron chi connectivity index (χ2n) is 4.50. The first kappa shape index (κ1) is 15.8. The summed E-state index contributed by atoms with van der Waals surface area (Å²) in [6.07, 6.45) is 0. The second-order valence-corrected chi connectivity index (χ2v) is 4.91. The van der Waals surface area contributed by atoms with E-state index in [2.05, 4.69) is 10.5 Å². The van der Waals surface area contributed by atoms with Gasteiger partial charge in [-0.2, -0.15) is 0 Å². The lowest BCUT2D eigenvalue weighted by atomic mass is 10.2. The third-order valence-electron chi connectivity index (χ3n) is 2.90. The Balaban J connectivity index is 2.03. The minimum absolute atomic E-state index is 0.326. The Kier molecular flexibility index (Phi) is 6.04. The number of methoxy groups -OCH3 is 1. The molecule has 0 amide bonds. The number of hydrogen-bond acceptors (Lipinski definition) is 5. The molecular formula is C15H19ClN2O3. The van der Waals surface area contributed by atoms with E-state index < -0.39 is 0 Å². The molecule has 0 spiro atoms. The van der Waals surface area contributed by atoms with Crippen LogP contribution >= 0.6 is 11.6 Å². The Morgan fingerprint density at radius 3 is 2.95 bits per heavy atom. The molecular weight excluding hydrogens is 292 g/mol. The van der Waals surface area contributed by atoms with Crippen molar-refractivity contribution in [1.29, 1.82) is 0 Å². The van der Waals surface area contributed by atoms with Gasteiger partial charge in [0.05, 0.1) is 0 Å². The first-order valence-corrected chi connectivity index (χ1v) is 7.16. The van der Waals surface area contributed by atoms with Crippen LogP contribution in [-0.2, 0) is 24.5 Å². The van der Waals surface area contributed by atoms with Crippen molar-refractivity contribution in [1.82, 2.24) is 10.5 Å². The lowest BCUT2D eigenvalue weighted by molar-refractivity contribution is 0.155. The fraction of sp³-hybridized carbons (Fsp3) is 0.400. The summed E-state index contributed by atoms with van der Waals surface area (Å²) in [4.78, 5) is 0. The molecule has 0 aliphatic heterocycles. The van der Waals surface area contributed by atoms with Gasteiger partial charge in [0.2, 0.25) is 0 Å². The summed E-state index contributed by atoms with van der Waals surface area (Å²) in [5, 5.41) is 7.87. The molecule has 2 aromatic rings. The zero-order valence-corrected chi connectivity index (χ0v) is 12.9. The highest BCUT2D eigenvalue weighted by Crippen LogP contribution is 2.27. The van der Waals surface area contributed by atoms with Crippen molar-refractivity contribution in [2.45, 2.75) is 26.7 Å². The van der Waals surface area contributed by atoms with Crippen LogP contribution in [0, 0.1) is 0 Å². The normalized spacial score (nSPS) is 10.8. The molecule has 0 aliphatic carbocycles. The number of nitrogens with one attached hydrogen (secondary N) is 1. The Labute approximate surface area is 129 Å². The molecule has 114 valence electrons. The van der Waals surface area contributed by atoms with E-state index in [4.69, 9.17) is 25.6 Å². The molecule has 21 heavy (non-hydrogen) atoms. The van der Waals surface area contributed by atoms with Crippen LogP contribution < -0.4 is 10.1 Å². The molecule has 1 N–H and O–H groups in total. The van der Waals surface area contributed by atoms with E-state index in [0.717, 1.165) is 23.6 Å². The van der Waals surface area contributed by atoms with Gasteiger partial charge in [-0.1, -0.05) is 29.7 Å². The zero-order valence-electron chi connectivity index (χ0n) is 12.2. The van der Waals surface area contributed by atoms with Gasteiger partial charge >= 0.3 is 0 Å². The SMILES string of the molecule is CCNCc1c(Cl)cccc1OCc1cc(COC)on1. The third kappa shape index (κ3) is 4.46. The van der Waals surface area contributed by atoms with Gasteiger partial charge in [-0.3, -0.25) is 0 Å². The first-order valence-electron chi connectivity index (χ1n) is 6.79. The predicted octanol–water partition coefficient (Wildman–Crippen LogP) is 3.16. The molecule has 1 heterocycles. The van der Waals surface area contributed by atoms with Crippen molar-refractivity contribution >= 4 is 11.6 Å². The van der Waals surface area contributed by atoms with E-state index in [1.165, 1.54) is 0 Å². The van der Waals surface area contributed by atoms with Crippen LogP contribution in [0.3, 0.4) is 0 Å². The quantitative estimate of drug-likeness (QED) is 0.811. The van der Waals surface area contributed by atoms with Crippen LogP contribution in [0.25, 0.3) is 0 Å². The highest BCUT2D eigenvalue weighted by atomic mass is 35.5. The fourth-order valence-electron chi connectivity index (χ4n) is 1.88. The molecule has 0 saturated heterocycles. The van der Waals surface area contributed by atoms with Gasteiger partial charge in [-0.15, -0.1) is 0 Å². The van der Waals surface area contributed by atoms with E-state index in [9.17, 15) is 0 Å². The number of benzene rings is 1. The van der Waals surface area contributed by atoms with Gasteiger partial charge in [0.25, 0.3) is 0 Å². The molecule has 5 nitrogen and oxygen atoms in total. The van der Waals surface area contributed by atoms with Crippen molar-refractivity contribution in [2.24, 2.45) is 0 Å². The van der Waals surface area contributed by atoms with Crippen molar-refractivity contribution in [2.75, 3.05) is 13.7 Å². The summed E-state index contributed by atoms with van der Waals surface area (Å²) in [6.45, 7) is 4.31. The summed E-state index contributed by atoms with van der Waals surface area (Å²) in [5.74, 6) is 1.43. The number of aromatic nitrogens is 1. The predicted molar refractivity (Wildman–Crippen MR) is 80.4 cm³/mol. The van der Waals surface area contributed by atoms with E-state index in [-0.39, 0.29) is 0 Å². The monoisotopic (exact) mass is 310 g/mol. The summed E-state index contributed by atoms with van der Waals surface area (Å²) in [6, 6.07) is 7.44. The number of hydrogen-bond donors (Lipinski definition) is 1. The maximum atomic E-state index is 6.22. The van der Waals surface area contributed by atoms with Crippen LogP contribution in [-0.4, -0.2) is 18.8 Å². The molecule has 0 bridgehead atoms. The zero-order chi connectivity index (χ0) is 15.1. The van der Waals surface area contributed by atoms with Gasteiger partial charge in [0, 0.05) is 30.3 Å². The molecule has 0 aliphatic rings. The average Bonchev–Trinajstić information content (AvgIpc) is 2.92. The average molecular weight is 311 g/mol. The summed E-state index contributed by atoms with van der Waals surface area (Å²) < 4.78 is 15.9. The van der Waals surface area contributed by atoms with E-state index >= 15 is 0 Å². The van der Waals surface area contributed by atoms with Gasteiger partial charge in [-0.05, 0) is 18.7 Å². The van der Waals surface area contributed by atoms with E-state index in [0.29, 0.717) is 30.5 Å². The van der Waals surface area contributed by atoms with Gasteiger partial charge < -0.3 is 19.3 Å². The van der Waals surface area contributed by atoms with Crippen molar-refractivity contribution in [3.63, 3.8) is 0 Å². The lowest BCUT2D eigenvalue weighted by Gasteiger charge is -2.12. The lowest BCUT2D eigenvalue weighted by Crippen LogP contribution is -2.13. The Hall–Kier alpha value is -1.56. The van der Waals surface area contributed by atoms with Gasteiger partial charge in [0.15, 0.2) is 5.76 Å². The molecule has 1 aromatic carbocycles. The van der Waals surface area contributed by atoms with Crippen LogP contribution in [0.2, 0.25) is 5.02 Å². The van der Waals surface area contributed by atoms with E-state index in [1.54, 1.807) is 7.11 Å². The summed E-state index contributed by atoms with van der Waals surface area (Å²) in [5.41, 5.74) is 1.66. The molecule has 0 atom stereocenters. The van der Waals surface area contributed by atoms with Crippen LogP contribution in [0.1, 0.15) is 23.9 Å². The number of nitrogens with zero attached hydrogens (tertiary/aromatic N) is 1. The van der Waals surface area contributed by atoms with Gasteiger partial charge in [-0.25, -0.2) is 0 Å². The number of halogens is 1. The third-order valence-corrected chi connectivity index (χ3v) is 3.25. The minimum Gasteiger partial charge on any atom is -0.487 e. The maximum Gasteiger partial charge on any atom is 0.162 e. The Morgan fingerprint density at radius 2 is 2.19 bits per heavy atom. The van der Waals surface area contributed by atoms with Crippen molar-refractivity contribution in [3.8, 4) is 5.75 Å². The highest BCUT2D eigenvalue weighted by molar-refractivity contribution is 6.31. The van der Waals surface area contributed by atoms with Crippen molar-refractivity contribution in [3.05, 3.63) is 46.3 Å². The molecule has 6 heteroatoms. The topological polar surface area (TPSA) is 56.5 Å². The van der Waals surface area contributed by atoms with Crippen LogP contribution in [0.15, 0.2) is 28.8 Å². The molecule has 0 radical (unpaired) electrons. The minimum atomic E-state index is 0.326. The summed E-state index contributed by atoms with van der Waals surface area (Å²) in [7, 11) is 1.61. The van der Waals surface area contributed by atoms with E-state index in [1.807, 2.05) is 31.2 Å². The Morgan fingerprint density at radius 1 is 1.33 bits per heavy atom. The molecule has 0 fully saturated rings. The standard InChI is InChI=1S/C15H19ClN2O3/c1-3-17-8-13-14(16)5-4-6-15(13)20-9-11-7-12(10-19-2)21-18-11/h4-7,17H,3,8-10H2,1-2H3. The fourth-order valence-corrected chi connectivity index (χ4v) is 2.11. The molecule has 2 rings (SSSR count). The smallest absolute Gasteiger partial charge is 0.162 e. The largest absolute Gasteiger partial charge is 0.487 e. The molecule has 0 unspecified atom stereocenters. The Bertz CT molecular complexity index is 572. The van der Waals surface area contributed by atoms with Gasteiger partial charge in [0.1, 0.15) is 24.7 Å².